The SMILES string of the molecule is c1ccc2c(c1)ccc1nc(-c3ccc(-c4ccc5c(c4)-c4cc6oc7ccccc7c6c6cccc-5c46)cc3)oc12. The van der Waals surface area contributed by atoms with Crippen LogP contribution in [0.5, 0.6) is 0 Å². The molecule has 0 radical (unpaired) electrons. The monoisotopic (exact) mass is 535 g/mol. The van der Waals surface area contributed by atoms with E-state index in [0.29, 0.717) is 5.89 Å². The van der Waals surface area contributed by atoms with Crippen molar-refractivity contribution in [2.45, 2.75) is 0 Å². The molecule has 0 atom stereocenters. The van der Waals surface area contributed by atoms with Gasteiger partial charge in [0.15, 0.2) is 5.58 Å². The van der Waals surface area contributed by atoms with Crippen LogP contribution < -0.4 is 0 Å². The second kappa shape index (κ2) is 7.96. The summed E-state index contributed by atoms with van der Waals surface area (Å²) in [5.74, 6) is 0.638. The van der Waals surface area contributed by atoms with Gasteiger partial charge in [0.1, 0.15) is 16.7 Å². The van der Waals surface area contributed by atoms with Gasteiger partial charge in [-0.2, -0.15) is 0 Å². The van der Waals surface area contributed by atoms with Crippen molar-refractivity contribution in [3.8, 4) is 44.8 Å². The number of aromatic nitrogens is 1. The topological polar surface area (TPSA) is 39.2 Å². The van der Waals surface area contributed by atoms with Crippen LogP contribution in [0, 0.1) is 0 Å². The molecule has 42 heavy (non-hydrogen) atoms. The molecule has 1 aliphatic rings. The van der Waals surface area contributed by atoms with E-state index < -0.39 is 0 Å². The van der Waals surface area contributed by atoms with Gasteiger partial charge in [-0.1, -0.05) is 91.0 Å². The first kappa shape index (κ1) is 22.1. The molecule has 0 saturated carbocycles. The molecule has 2 heterocycles. The third-order valence-electron chi connectivity index (χ3n) is 8.85. The first-order chi connectivity index (χ1) is 20.8. The van der Waals surface area contributed by atoms with Crippen molar-refractivity contribution in [2.24, 2.45) is 0 Å². The highest BCUT2D eigenvalue weighted by atomic mass is 16.3. The fourth-order valence-electron chi connectivity index (χ4n) is 6.90. The Kier molecular flexibility index (Phi) is 4.18. The minimum Gasteiger partial charge on any atom is -0.456 e. The third-order valence-corrected chi connectivity index (χ3v) is 8.85. The molecule has 0 spiro atoms. The van der Waals surface area contributed by atoms with Crippen molar-refractivity contribution in [2.75, 3.05) is 0 Å². The second-order valence-corrected chi connectivity index (χ2v) is 11.1. The van der Waals surface area contributed by atoms with Gasteiger partial charge in [-0.15, -0.1) is 0 Å². The van der Waals surface area contributed by atoms with Crippen molar-refractivity contribution in [1.29, 1.82) is 0 Å². The highest BCUT2D eigenvalue weighted by Gasteiger charge is 2.25. The molecule has 0 amide bonds. The molecule has 0 saturated heterocycles. The molecule has 0 N–H and O–H groups in total. The number of rotatable bonds is 2. The van der Waals surface area contributed by atoms with Gasteiger partial charge in [-0.25, -0.2) is 4.98 Å². The van der Waals surface area contributed by atoms with E-state index in [-0.39, 0.29) is 0 Å². The Morgan fingerprint density at radius 1 is 0.429 bits per heavy atom. The summed E-state index contributed by atoms with van der Waals surface area (Å²) in [6.07, 6.45) is 0. The lowest BCUT2D eigenvalue weighted by Crippen LogP contribution is -1.83. The molecule has 9 aromatic rings. The molecule has 0 bridgehead atoms. The Labute approximate surface area is 240 Å². The fourth-order valence-corrected chi connectivity index (χ4v) is 6.90. The number of furan rings is 1. The van der Waals surface area contributed by atoms with E-state index in [1.165, 1.54) is 49.4 Å². The van der Waals surface area contributed by atoms with Crippen LogP contribution in [0.3, 0.4) is 0 Å². The maximum atomic E-state index is 6.34. The average molecular weight is 536 g/mol. The summed E-state index contributed by atoms with van der Waals surface area (Å²) in [5.41, 5.74) is 11.9. The van der Waals surface area contributed by atoms with Crippen LogP contribution in [0.1, 0.15) is 0 Å². The average Bonchev–Trinajstić information content (AvgIpc) is 3.74. The first-order valence-corrected chi connectivity index (χ1v) is 14.2. The number of nitrogens with zero attached hydrogens (tertiary/aromatic N) is 1. The van der Waals surface area contributed by atoms with Crippen LogP contribution in [-0.2, 0) is 0 Å². The quantitative estimate of drug-likeness (QED) is 0.221. The van der Waals surface area contributed by atoms with Gasteiger partial charge in [0.05, 0.1) is 0 Å². The van der Waals surface area contributed by atoms with Crippen molar-refractivity contribution in [3.05, 3.63) is 127 Å². The molecule has 3 heteroatoms. The van der Waals surface area contributed by atoms with Gasteiger partial charge in [-0.3, -0.25) is 0 Å². The van der Waals surface area contributed by atoms with Crippen LogP contribution in [-0.4, -0.2) is 4.98 Å². The summed E-state index contributed by atoms with van der Waals surface area (Å²) in [6.45, 7) is 0. The predicted octanol–water partition coefficient (Wildman–Crippen LogP) is 11.0. The zero-order valence-electron chi connectivity index (χ0n) is 22.4. The normalized spacial score (nSPS) is 12.3. The molecule has 10 rings (SSSR count). The van der Waals surface area contributed by atoms with Gasteiger partial charge in [-0.05, 0) is 85.9 Å². The van der Waals surface area contributed by atoms with E-state index in [9.17, 15) is 0 Å². The second-order valence-electron chi connectivity index (χ2n) is 11.1. The Morgan fingerprint density at radius 2 is 1.21 bits per heavy atom. The van der Waals surface area contributed by atoms with Gasteiger partial charge < -0.3 is 8.83 Å². The summed E-state index contributed by atoms with van der Waals surface area (Å²) in [5, 5.41) is 7.15. The minimum atomic E-state index is 0.638. The number of benzene rings is 7. The van der Waals surface area contributed by atoms with Crippen LogP contribution in [0.2, 0.25) is 0 Å². The van der Waals surface area contributed by atoms with E-state index in [0.717, 1.165) is 44.2 Å². The highest BCUT2D eigenvalue weighted by molar-refractivity contribution is 6.28. The summed E-state index contributed by atoms with van der Waals surface area (Å²) >= 11 is 0. The van der Waals surface area contributed by atoms with E-state index in [1.54, 1.807) is 0 Å². The fraction of sp³-hybridized carbons (Fsp3) is 0. The van der Waals surface area contributed by atoms with E-state index in [1.807, 2.05) is 24.3 Å². The summed E-state index contributed by atoms with van der Waals surface area (Å²) in [6, 6.07) is 44.9. The number of hydrogen-bond acceptors (Lipinski definition) is 3. The van der Waals surface area contributed by atoms with Crippen LogP contribution >= 0.6 is 0 Å². The Bertz CT molecular complexity index is 2570. The predicted molar refractivity (Wildman–Crippen MR) is 172 cm³/mol. The highest BCUT2D eigenvalue weighted by Crippen LogP contribution is 2.51. The van der Waals surface area contributed by atoms with E-state index in [4.69, 9.17) is 13.8 Å². The molecule has 194 valence electrons. The Morgan fingerprint density at radius 3 is 2.14 bits per heavy atom. The molecule has 0 unspecified atom stereocenters. The minimum absolute atomic E-state index is 0.638. The Balaban J connectivity index is 1.08. The molecular formula is C39H21NO2. The molecule has 3 nitrogen and oxygen atoms in total. The number of hydrogen-bond donors (Lipinski definition) is 0. The smallest absolute Gasteiger partial charge is 0.227 e. The molecule has 0 fully saturated rings. The molecular weight excluding hydrogens is 514 g/mol. The summed E-state index contributed by atoms with van der Waals surface area (Å²) in [4.78, 5) is 4.79. The lowest BCUT2D eigenvalue weighted by molar-refractivity contribution is 0.623. The van der Waals surface area contributed by atoms with Crippen molar-refractivity contribution in [3.63, 3.8) is 0 Å². The number of fused-ring (bicyclic) bond motifs is 10. The summed E-state index contributed by atoms with van der Waals surface area (Å²) < 4.78 is 12.6. The lowest BCUT2D eigenvalue weighted by Gasteiger charge is -2.07. The zero-order chi connectivity index (χ0) is 27.4. The van der Waals surface area contributed by atoms with Crippen LogP contribution in [0.15, 0.2) is 136 Å². The van der Waals surface area contributed by atoms with Crippen molar-refractivity contribution >= 4 is 54.6 Å². The zero-order valence-corrected chi connectivity index (χ0v) is 22.4. The maximum absolute atomic E-state index is 6.34. The largest absolute Gasteiger partial charge is 0.456 e. The van der Waals surface area contributed by atoms with E-state index in [2.05, 4.69) is 103 Å². The number of para-hydroxylation sites is 1. The van der Waals surface area contributed by atoms with Crippen molar-refractivity contribution < 1.29 is 8.83 Å². The molecule has 2 aromatic heterocycles. The van der Waals surface area contributed by atoms with E-state index >= 15 is 0 Å². The van der Waals surface area contributed by atoms with Crippen molar-refractivity contribution in [1.82, 2.24) is 4.98 Å². The lowest BCUT2D eigenvalue weighted by atomic mass is 9.96. The van der Waals surface area contributed by atoms with Gasteiger partial charge >= 0.3 is 0 Å². The van der Waals surface area contributed by atoms with Gasteiger partial charge in [0, 0.05) is 21.7 Å². The standard InChI is InChI=1S/C39H21NO2/c1-2-7-26-23(6-1)17-19-33-38(26)42-39(40-33)24-14-12-22(13-15-24)25-16-18-27-28-9-5-10-30-36(28)32(31(27)20-25)21-35-37(30)29-8-3-4-11-34(29)41-35/h1-21H. The van der Waals surface area contributed by atoms with Gasteiger partial charge in [0.25, 0.3) is 0 Å². The molecule has 0 aliphatic heterocycles. The number of oxazole rings is 1. The van der Waals surface area contributed by atoms with Crippen LogP contribution in [0.25, 0.3) is 99.4 Å². The first-order valence-electron chi connectivity index (χ1n) is 14.2. The van der Waals surface area contributed by atoms with Gasteiger partial charge in [0.2, 0.25) is 5.89 Å². The van der Waals surface area contributed by atoms with Crippen LogP contribution in [0.4, 0.5) is 0 Å². The molecule has 1 aliphatic carbocycles. The summed E-state index contributed by atoms with van der Waals surface area (Å²) in [7, 11) is 0. The Hall–Kier alpha value is -5.67. The molecule has 7 aromatic carbocycles. The third kappa shape index (κ3) is 2.92. The maximum Gasteiger partial charge on any atom is 0.227 e.